The van der Waals surface area contributed by atoms with Crippen molar-refractivity contribution in [2.75, 3.05) is 7.05 Å². The van der Waals surface area contributed by atoms with Crippen LogP contribution in [0.25, 0.3) is 0 Å². The number of carbonyl (C=O) groups is 1. The number of rotatable bonds is 4. The van der Waals surface area contributed by atoms with Gasteiger partial charge in [0.25, 0.3) is 0 Å². The molecular formula is C9H14Cl2N2O2. The summed E-state index contributed by atoms with van der Waals surface area (Å²) in [6, 6.07) is 3.49. The van der Waals surface area contributed by atoms with Gasteiger partial charge in [-0.25, -0.2) is 0 Å². The standard InChI is InChI=1S/C9H12N2O2.2ClH/c1-10-8(5-9(12)13)7-3-2-4-11-6-7;;/h2-4,6,8,10H,5H2,1H3,(H,12,13);2*1H. The number of hydrogen-bond acceptors (Lipinski definition) is 3. The van der Waals surface area contributed by atoms with Crippen LogP contribution in [0.1, 0.15) is 18.0 Å². The summed E-state index contributed by atoms with van der Waals surface area (Å²) in [7, 11) is 1.74. The molecule has 15 heavy (non-hydrogen) atoms. The molecule has 0 fully saturated rings. The van der Waals surface area contributed by atoms with Crippen LogP contribution in [-0.4, -0.2) is 23.1 Å². The van der Waals surface area contributed by atoms with Gasteiger partial charge in [-0.2, -0.15) is 0 Å². The molecule has 1 heterocycles. The van der Waals surface area contributed by atoms with E-state index < -0.39 is 5.97 Å². The first-order chi connectivity index (χ1) is 6.24. The molecule has 6 heteroatoms. The highest BCUT2D eigenvalue weighted by Gasteiger charge is 2.12. The van der Waals surface area contributed by atoms with E-state index in [1.54, 1.807) is 25.5 Å². The van der Waals surface area contributed by atoms with Gasteiger partial charge >= 0.3 is 5.97 Å². The molecule has 2 N–H and O–H groups in total. The Hall–Kier alpha value is -0.840. The molecule has 0 aliphatic heterocycles. The molecule has 0 aliphatic carbocycles. The topological polar surface area (TPSA) is 62.2 Å². The van der Waals surface area contributed by atoms with E-state index in [9.17, 15) is 4.79 Å². The highest BCUT2D eigenvalue weighted by molar-refractivity contribution is 5.85. The van der Waals surface area contributed by atoms with Crippen LogP contribution in [0.4, 0.5) is 0 Å². The van der Waals surface area contributed by atoms with Crippen LogP contribution in [-0.2, 0) is 4.79 Å². The molecule has 1 aromatic rings. The molecular weight excluding hydrogens is 239 g/mol. The van der Waals surface area contributed by atoms with Gasteiger partial charge in [-0.05, 0) is 18.7 Å². The molecule has 4 nitrogen and oxygen atoms in total. The van der Waals surface area contributed by atoms with Crippen molar-refractivity contribution in [1.29, 1.82) is 0 Å². The lowest BCUT2D eigenvalue weighted by molar-refractivity contribution is -0.137. The van der Waals surface area contributed by atoms with Gasteiger partial charge in [0, 0.05) is 18.4 Å². The number of hydrogen-bond donors (Lipinski definition) is 2. The fourth-order valence-corrected chi connectivity index (χ4v) is 1.14. The molecule has 0 saturated heterocycles. The van der Waals surface area contributed by atoms with Gasteiger partial charge in [0.2, 0.25) is 0 Å². The van der Waals surface area contributed by atoms with Crippen molar-refractivity contribution >= 4 is 30.8 Å². The Morgan fingerprint density at radius 3 is 2.67 bits per heavy atom. The summed E-state index contributed by atoms with van der Waals surface area (Å²) in [6.07, 6.45) is 3.41. The SMILES string of the molecule is CNC(CC(=O)O)c1cccnc1.Cl.Cl. The predicted octanol–water partition coefficient (Wildman–Crippen LogP) is 1.66. The first-order valence-electron chi connectivity index (χ1n) is 4.03. The van der Waals surface area contributed by atoms with Crippen molar-refractivity contribution < 1.29 is 9.90 Å². The van der Waals surface area contributed by atoms with Gasteiger partial charge in [0.1, 0.15) is 0 Å². The summed E-state index contributed by atoms with van der Waals surface area (Å²) in [5, 5.41) is 11.5. The van der Waals surface area contributed by atoms with Gasteiger partial charge in [-0.1, -0.05) is 6.07 Å². The van der Waals surface area contributed by atoms with E-state index in [4.69, 9.17) is 5.11 Å². The maximum atomic E-state index is 10.5. The molecule has 0 amide bonds. The summed E-state index contributed by atoms with van der Waals surface area (Å²) >= 11 is 0. The van der Waals surface area contributed by atoms with Gasteiger partial charge in [0.05, 0.1) is 6.42 Å². The van der Waals surface area contributed by atoms with E-state index >= 15 is 0 Å². The predicted molar refractivity (Wildman–Crippen MR) is 62.8 cm³/mol. The maximum absolute atomic E-state index is 10.5. The zero-order valence-corrected chi connectivity index (χ0v) is 9.85. The molecule has 0 radical (unpaired) electrons. The minimum absolute atomic E-state index is 0. The van der Waals surface area contributed by atoms with Gasteiger partial charge in [-0.3, -0.25) is 9.78 Å². The highest BCUT2D eigenvalue weighted by atomic mass is 35.5. The minimum Gasteiger partial charge on any atom is -0.481 e. The van der Waals surface area contributed by atoms with Crippen LogP contribution in [0.3, 0.4) is 0 Å². The molecule has 0 saturated carbocycles. The number of nitrogens with zero attached hydrogens (tertiary/aromatic N) is 1. The minimum atomic E-state index is -0.816. The second-order valence-electron chi connectivity index (χ2n) is 2.73. The number of carboxylic acid groups (broad SMARTS) is 1. The lowest BCUT2D eigenvalue weighted by atomic mass is 10.1. The Kier molecular flexibility index (Phi) is 9.36. The molecule has 0 spiro atoms. The fourth-order valence-electron chi connectivity index (χ4n) is 1.14. The number of halogens is 2. The van der Waals surface area contributed by atoms with E-state index in [-0.39, 0.29) is 37.3 Å². The number of aliphatic carboxylic acids is 1. The Morgan fingerprint density at radius 1 is 1.60 bits per heavy atom. The zero-order chi connectivity index (χ0) is 9.68. The average Bonchev–Trinajstić information content (AvgIpc) is 2.15. The Balaban J connectivity index is 0. The van der Waals surface area contributed by atoms with Crippen LogP contribution in [0.2, 0.25) is 0 Å². The van der Waals surface area contributed by atoms with Crippen molar-refractivity contribution in [3.8, 4) is 0 Å². The molecule has 0 bridgehead atoms. The summed E-state index contributed by atoms with van der Waals surface area (Å²) in [4.78, 5) is 14.4. The average molecular weight is 253 g/mol. The Labute approximate surface area is 101 Å². The normalized spacial score (nSPS) is 10.7. The van der Waals surface area contributed by atoms with Crippen LogP contribution in [0.15, 0.2) is 24.5 Å². The second kappa shape index (κ2) is 8.47. The molecule has 1 aromatic heterocycles. The molecule has 1 rings (SSSR count). The summed E-state index contributed by atoms with van der Waals surface area (Å²) in [5.41, 5.74) is 0.896. The number of nitrogens with one attached hydrogen (secondary N) is 1. The first kappa shape index (κ1) is 16.6. The zero-order valence-electron chi connectivity index (χ0n) is 8.21. The van der Waals surface area contributed by atoms with Crippen LogP contribution in [0, 0.1) is 0 Å². The molecule has 1 unspecified atom stereocenters. The highest BCUT2D eigenvalue weighted by Crippen LogP contribution is 2.14. The van der Waals surface area contributed by atoms with E-state index in [1.165, 1.54) is 0 Å². The van der Waals surface area contributed by atoms with Crippen LogP contribution in [0.5, 0.6) is 0 Å². The summed E-state index contributed by atoms with van der Waals surface area (Å²) < 4.78 is 0. The second-order valence-corrected chi connectivity index (χ2v) is 2.73. The smallest absolute Gasteiger partial charge is 0.305 e. The van der Waals surface area contributed by atoms with Crippen molar-refractivity contribution in [2.24, 2.45) is 0 Å². The van der Waals surface area contributed by atoms with E-state index in [1.807, 2.05) is 6.07 Å². The third kappa shape index (κ3) is 5.57. The van der Waals surface area contributed by atoms with Crippen molar-refractivity contribution in [3.05, 3.63) is 30.1 Å². The largest absolute Gasteiger partial charge is 0.481 e. The Morgan fingerprint density at radius 2 is 2.27 bits per heavy atom. The molecule has 1 atom stereocenters. The number of pyridine rings is 1. The number of carboxylic acids is 1. The summed E-state index contributed by atoms with van der Waals surface area (Å²) in [5.74, 6) is -0.816. The van der Waals surface area contributed by atoms with E-state index in [0.717, 1.165) is 5.56 Å². The Bertz CT molecular complexity index is 283. The van der Waals surface area contributed by atoms with Crippen LogP contribution < -0.4 is 5.32 Å². The van der Waals surface area contributed by atoms with Gasteiger partial charge in [-0.15, -0.1) is 24.8 Å². The lowest BCUT2D eigenvalue weighted by Crippen LogP contribution is -2.19. The van der Waals surface area contributed by atoms with Crippen LogP contribution >= 0.6 is 24.8 Å². The monoisotopic (exact) mass is 252 g/mol. The maximum Gasteiger partial charge on any atom is 0.305 e. The molecule has 86 valence electrons. The molecule has 0 aromatic carbocycles. The number of aromatic nitrogens is 1. The quantitative estimate of drug-likeness (QED) is 0.856. The molecule has 0 aliphatic rings. The van der Waals surface area contributed by atoms with Crippen molar-refractivity contribution in [2.45, 2.75) is 12.5 Å². The lowest BCUT2D eigenvalue weighted by Gasteiger charge is -2.12. The fraction of sp³-hybridized carbons (Fsp3) is 0.333. The van der Waals surface area contributed by atoms with Gasteiger partial charge in [0.15, 0.2) is 0 Å². The summed E-state index contributed by atoms with van der Waals surface area (Å²) in [6.45, 7) is 0. The van der Waals surface area contributed by atoms with Crippen molar-refractivity contribution in [1.82, 2.24) is 10.3 Å². The van der Waals surface area contributed by atoms with Crippen molar-refractivity contribution in [3.63, 3.8) is 0 Å². The third-order valence-corrected chi connectivity index (χ3v) is 1.81. The third-order valence-electron chi connectivity index (χ3n) is 1.81. The van der Waals surface area contributed by atoms with E-state index in [0.29, 0.717) is 0 Å². The van der Waals surface area contributed by atoms with Gasteiger partial charge < -0.3 is 10.4 Å². The van der Waals surface area contributed by atoms with E-state index in [2.05, 4.69) is 10.3 Å². The first-order valence-corrected chi connectivity index (χ1v) is 4.03.